The molecule has 0 saturated heterocycles. The highest BCUT2D eigenvalue weighted by Gasteiger charge is 2.12. The quantitative estimate of drug-likeness (QED) is 0.739. The maximum Gasteiger partial charge on any atom is 0.238 e. The molecule has 126 valence electrons. The lowest BCUT2D eigenvalue weighted by molar-refractivity contribution is -0.117. The second-order valence-electron chi connectivity index (χ2n) is 5.59. The van der Waals surface area contributed by atoms with Crippen molar-refractivity contribution in [2.45, 2.75) is 30.0 Å². The zero-order valence-corrected chi connectivity index (χ0v) is 14.7. The van der Waals surface area contributed by atoms with Crippen molar-refractivity contribution in [2.24, 2.45) is 0 Å². The number of furan rings is 1. The summed E-state index contributed by atoms with van der Waals surface area (Å²) in [6.45, 7) is 2.85. The molecule has 1 aromatic heterocycles. The van der Waals surface area contributed by atoms with Gasteiger partial charge in [0, 0.05) is 16.6 Å². The zero-order chi connectivity index (χ0) is 17.4. The average molecular weight is 343 g/mol. The number of rotatable bonds is 8. The second kappa shape index (κ2) is 9.16. The van der Waals surface area contributed by atoms with Crippen LogP contribution in [0.15, 0.2) is 52.0 Å². The van der Waals surface area contributed by atoms with Crippen LogP contribution >= 0.6 is 11.8 Å². The SMILES string of the molecule is C[C@H](CC#N)Sc1ccccc1NC(=O)CN(C)Cc1ccco1. The number of benzene rings is 1. The smallest absolute Gasteiger partial charge is 0.238 e. The van der Waals surface area contributed by atoms with Gasteiger partial charge in [0.25, 0.3) is 0 Å². The van der Waals surface area contributed by atoms with Crippen molar-refractivity contribution in [3.63, 3.8) is 0 Å². The van der Waals surface area contributed by atoms with Crippen LogP contribution in [0.4, 0.5) is 5.69 Å². The van der Waals surface area contributed by atoms with E-state index in [1.54, 1.807) is 18.0 Å². The predicted octanol–water partition coefficient (Wildman–Crippen LogP) is 3.74. The number of nitrogens with one attached hydrogen (secondary N) is 1. The minimum Gasteiger partial charge on any atom is -0.468 e. The Morgan fingerprint density at radius 2 is 2.17 bits per heavy atom. The summed E-state index contributed by atoms with van der Waals surface area (Å²) in [5.74, 6) is 0.747. The van der Waals surface area contributed by atoms with Gasteiger partial charge in [0.1, 0.15) is 5.76 Å². The third kappa shape index (κ3) is 5.76. The number of likely N-dealkylation sites (N-methyl/N-ethyl adjacent to an activating group) is 1. The number of para-hydroxylation sites is 1. The average Bonchev–Trinajstić information content (AvgIpc) is 3.02. The highest BCUT2D eigenvalue weighted by atomic mass is 32.2. The van der Waals surface area contributed by atoms with Crippen LogP contribution in [0.25, 0.3) is 0 Å². The van der Waals surface area contributed by atoms with Crippen molar-refractivity contribution in [2.75, 3.05) is 18.9 Å². The zero-order valence-electron chi connectivity index (χ0n) is 13.9. The van der Waals surface area contributed by atoms with E-state index >= 15 is 0 Å². The Morgan fingerprint density at radius 3 is 2.88 bits per heavy atom. The summed E-state index contributed by atoms with van der Waals surface area (Å²) in [7, 11) is 1.87. The van der Waals surface area contributed by atoms with Crippen LogP contribution in [0.3, 0.4) is 0 Å². The van der Waals surface area contributed by atoms with E-state index in [0.717, 1.165) is 16.3 Å². The molecule has 0 aliphatic rings. The Hall–Kier alpha value is -2.23. The fourth-order valence-electron chi connectivity index (χ4n) is 2.22. The fourth-order valence-corrected chi connectivity index (χ4v) is 3.21. The van der Waals surface area contributed by atoms with Crippen molar-refractivity contribution >= 4 is 23.4 Å². The fraction of sp³-hybridized carbons (Fsp3) is 0.333. The van der Waals surface area contributed by atoms with Gasteiger partial charge in [0.15, 0.2) is 0 Å². The van der Waals surface area contributed by atoms with Gasteiger partial charge in [0.2, 0.25) is 5.91 Å². The molecular formula is C18H21N3O2S. The normalized spacial score (nSPS) is 11.9. The molecule has 1 N–H and O–H groups in total. The van der Waals surface area contributed by atoms with Crippen molar-refractivity contribution in [3.8, 4) is 6.07 Å². The number of anilines is 1. The molecule has 0 fully saturated rings. The summed E-state index contributed by atoms with van der Waals surface area (Å²) in [6, 6.07) is 13.6. The van der Waals surface area contributed by atoms with Gasteiger partial charge in [-0.05, 0) is 31.3 Å². The number of amides is 1. The maximum atomic E-state index is 12.3. The Bertz CT molecular complexity index is 695. The summed E-state index contributed by atoms with van der Waals surface area (Å²) in [4.78, 5) is 15.1. The molecule has 0 aliphatic heterocycles. The van der Waals surface area contributed by atoms with Crippen LogP contribution in [0.2, 0.25) is 0 Å². The predicted molar refractivity (Wildman–Crippen MR) is 95.7 cm³/mol. The van der Waals surface area contributed by atoms with Crippen LogP contribution in [0, 0.1) is 11.3 Å². The number of thioether (sulfide) groups is 1. The summed E-state index contributed by atoms with van der Waals surface area (Å²) < 4.78 is 5.29. The Morgan fingerprint density at radius 1 is 1.38 bits per heavy atom. The minimum absolute atomic E-state index is 0.0787. The van der Waals surface area contributed by atoms with Gasteiger partial charge in [-0.3, -0.25) is 9.69 Å². The van der Waals surface area contributed by atoms with E-state index in [9.17, 15) is 4.79 Å². The summed E-state index contributed by atoms with van der Waals surface area (Å²) in [6.07, 6.45) is 2.10. The topological polar surface area (TPSA) is 69.3 Å². The molecule has 24 heavy (non-hydrogen) atoms. The van der Waals surface area contributed by atoms with Gasteiger partial charge in [-0.25, -0.2) is 0 Å². The molecular weight excluding hydrogens is 322 g/mol. The lowest BCUT2D eigenvalue weighted by Gasteiger charge is -2.17. The van der Waals surface area contributed by atoms with Gasteiger partial charge >= 0.3 is 0 Å². The number of carbonyl (C=O) groups is 1. The summed E-state index contributed by atoms with van der Waals surface area (Å²) in [5.41, 5.74) is 0.781. The van der Waals surface area contributed by atoms with Gasteiger partial charge in [-0.1, -0.05) is 19.1 Å². The number of hydrogen-bond acceptors (Lipinski definition) is 5. The molecule has 0 bridgehead atoms. The Balaban J connectivity index is 1.92. The first-order valence-electron chi connectivity index (χ1n) is 7.72. The van der Waals surface area contributed by atoms with Crippen LogP contribution in [0.5, 0.6) is 0 Å². The van der Waals surface area contributed by atoms with Crippen molar-refractivity contribution in [1.82, 2.24) is 4.90 Å². The number of nitrogens with zero attached hydrogens (tertiary/aromatic N) is 2. The molecule has 1 heterocycles. The second-order valence-corrected chi connectivity index (χ2v) is 7.07. The molecule has 6 heteroatoms. The first-order chi connectivity index (χ1) is 11.6. The molecule has 0 unspecified atom stereocenters. The monoisotopic (exact) mass is 343 g/mol. The van der Waals surface area contributed by atoms with Gasteiger partial charge in [0.05, 0.1) is 31.1 Å². The lowest BCUT2D eigenvalue weighted by atomic mass is 10.3. The summed E-state index contributed by atoms with van der Waals surface area (Å²) >= 11 is 1.59. The third-order valence-electron chi connectivity index (χ3n) is 3.29. The largest absolute Gasteiger partial charge is 0.468 e. The Labute approximate surface area is 146 Å². The van der Waals surface area contributed by atoms with Gasteiger partial charge < -0.3 is 9.73 Å². The van der Waals surface area contributed by atoms with Gasteiger partial charge in [-0.15, -0.1) is 11.8 Å². The van der Waals surface area contributed by atoms with Crippen molar-refractivity contribution < 1.29 is 9.21 Å². The molecule has 0 radical (unpaired) electrons. The van der Waals surface area contributed by atoms with Crippen LogP contribution in [0.1, 0.15) is 19.1 Å². The van der Waals surface area contributed by atoms with Crippen molar-refractivity contribution in [1.29, 1.82) is 5.26 Å². The summed E-state index contributed by atoms with van der Waals surface area (Å²) in [5, 5.41) is 11.9. The maximum absolute atomic E-state index is 12.3. The van der Waals surface area contributed by atoms with Crippen LogP contribution in [-0.2, 0) is 11.3 Å². The number of hydrogen-bond donors (Lipinski definition) is 1. The van der Waals surface area contributed by atoms with E-state index in [2.05, 4.69) is 11.4 Å². The molecule has 0 saturated carbocycles. The highest BCUT2D eigenvalue weighted by molar-refractivity contribution is 8.00. The highest BCUT2D eigenvalue weighted by Crippen LogP contribution is 2.31. The van der Waals surface area contributed by atoms with Crippen molar-refractivity contribution in [3.05, 3.63) is 48.4 Å². The molecule has 5 nitrogen and oxygen atoms in total. The molecule has 1 aromatic carbocycles. The molecule has 1 amide bonds. The standard InChI is InChI=1S/C18H21N3O2S/c1-14(9-10-19)24-17-8-4-3-7-16(17)20-18(22)13-21(2)12-15-6-5-11-23-15/h3-8,11,14H,9,12-13H2,1-2H3,(H,20,22)/t14-/m1/s1. The third-order valence-corrected chi connectivity index (χ3v) is 4.47. The van der Waals surface area contributed by atoms with E-state index in [0.29, 0.717) is 13.0 Å². The molecule has 1 atom stereocenters. The number of nitriles is 1. The molecule has 2 aromatic rings. The van der Waals surface area contributed by atoms with E-state index in [1.807, 2.05) is 55.3 Å². The molecule has 0 spiro atoms. The number of carbonyl (C=O) groups excluding carboxylic acids is 1. The first-order valence-corrected chi connectivity index (χ1v) is 8.60. The molecule has 2 rings (SSSR count). The Kier molecular flexibility index (Phi) is 6.91. The van der Waals surface area contributed by atoms with E-state index in [4.69, 9.17) is 9.68 Å². The van der Waals surface area contributed by atoms with E-state index in [1.165, 1.54) is 0 Å². The molecule has 0 aliphatic carbocycles. The first kappa shape index (κ1) is 18.1. The van der Waals surface area contributed by atoms with Crippen LogP contribution in [-0.4, -0.2) is 29.6 Å². The minimum atomic E-state index is -0.0787. The van der Waals surface area contributed by atoms with E-state index < -0.39 is 0 Å². The lowest BCUT2D eigenvalue weighted by Crippen LogP contribution is -2.29. The van der Waals surface area contributed by atoms with Crippen LogP contribution < -0.4 is 5.32 Å². The van der Waals surface area contributed by atoms with E-state index in [-0.39, 0.29) is 17.7 Å². The van der Waals surface area contributed by atoms with Gasteiger partial charge in [-0.2, -0.15) is 5.26 Å².